The van der Waals surface area contributed by atoms with E-state index in [9.17, 15) is 0 Å². The van der Waals surface area contributed by atoms with Gasteiger partial charge in [-0.15, -0.1) is 0 Å². The van der Waals surface area contributed by atoms with Crippen molar-refractivity contribution in [2.45, 2.75) is 46.3 Å². The zero-order valence-corrected chi connectivity index (χ0v) is 14.0. The highest BCUT2D eigenvalue weighted by atomic mass is 32.2. The third-order valence-electron chi connectivity index (χ3n) is 3.68. The van der Waals surface area contributed by atoms with Gasteiger partial charge in [0.05, 0.1) is 11.2 Å². The number of pyridine rings is 1. The van der Waals surface area contributed by atoms with E-state index in [4.69, 9.17) is 4.98 Å². The molecule has 1 atom stereocenters. The summed E-state index contributed by atoms with van der Waals surface area (Å²) in [5.41, 5.74) is 5.18. The Hall–Kier alpha value is -1.82. The Kier molecular flexibility index (Phi) is 4.47. The standard InChI is InChI=1S/C16H21N5S/c1-4-9-20-10-14(12(3)19-20)16-17-11-22-21(16)15-8-6-7-13(5-2)18-15/h6-8,10-11,16H,4-5,9H2,1-3H3. The highest BCUT2D eigenvalue weighted by Crippen LogP contribution is 2.37. The molecule has 6 heteroatoms. The van der Waals surface area contributed by atoms with Crippen LogP contribution in [0.2, 0.25) is 0 Å². The zero-order chi connectivity index (χ0) is 15.5. The highest BCUT2D eigenvalue weighted by molar-refractivity contribution is 8.13. The predicted octanol–water partition coefficient (Wildman–Crippen LogP) is 3.75. The summed E-state index contributed by atoms with van der Waals surface area (Å²) in [4.78, 5) is 9.34. The van der Waals surface area contributed by atoms with Crippen LogP contribution in [0.15, 0.2) is 29.4 Å². The first-order chi connectivity index (χ1) is 10.7. The molecule has 0 saturated carbocycles. The number of anilines is 1. The molecular formula is C16H21N5S. The number of aliphatic imine (C=N–C) groups is 1. The van der Waals surface area contributed by atoms with Crippen molar-refractivity contribution in [1.29, 1.82) is 0 Å². The first kappa shape index (κ1) is 15.1. The van der Waals surface area contributed by atoms with E-state index in [0.717, 1.165) is 42.2 Å². The van der Waals surface area contributed by atoms with Crippen molar-refractivity contribution < 1.29 is 0 Å². The van der Waals surface area contributed by atoms with Crippen molar-refractivity contribution in [3.8, 4) is 0 Å². The molecule has 1 aliphatic rings. The molecule has 0 aliphatic carbocycles. The summed E-state index contributed by atoms with van der Waals surface area (Å²) in [5.74, 6) is 0.953. The first-order valence-electron chi connectivity index (χ1n) is 7.70. The molecule has 1 unspecified atom stereocenters. The lowest BCUT2D eigenvalue weighted by atomic mass is 10.2. The van der Waals surface area contributed by atoms with Gasteiger partial charge in [0.25, 0.3) is 0 Å². The van der Waals surface area contributed by atoms with E-state index in [1.54, 1.807) is 11.9 Å². The normalized spacial score (nSPS) is 17.4. The van der Waals surface area contributed by atoms with Crippen molar-refractivity contribution in [2.75, 3.05) is 4.31 Å². The Morgan fingerprint density at radius 1 is 1.27 bits per heavy atom. The minimum Gasteiger partial charge on any atom is -0.272 e. The summed E-state index contributed by atoms with van der Waals surface area (Å²) in [6, 6.07) is 6.16. The molecule has 0 fully saturated rings. The third-order valence-corrected chi connectivity index (χ3v) is 4.51. The molecule has 0 aromatic carbocycles. The van der Waals surface area contributed by atoms with Crippen molar-refractivity contribution >= 4 is 23.3 Å². The second-order valence-corrected chi connectivity index (χ2v) is 6.15. The molecule has 0 saturated heterocycles. The van der Waals surface area contributed by atoms with E-state index in [0.29, 0.717) is 0 Å². The zero-order valence-electron chi connectivity index (χ0n) is 13.2. The summed E-state index contributed by atoms with van der Waals surface area (Å²) in [7, 11) is 0. The first-order valence-corrected chi connectivity index (χ1v) is 8.54. The van der Waals surface area contributed by atoms with Crippen LogP contribution in [0, 0.1) is 6.92 Å². The average molecular weight is 315 g/mol. The summed E-state index contributed by atoms with van der Waals surface area (Å²) in [6.07, 6.45) is 4.08. The highest BCUT2D eigenvalue weighted by Gasteiger charge is 2.28. The van der Waals surface area contributed by atoms with Gasteiger partial charge in [0.2, 0.25) is 0 Å². The monoisotopic (exact) mass is 315 g/mol. The smallest absolute Gasteiger partial charge is 0.162 e. The Bertz CT molecular complexity index is 679. The van der Waals surface area contributed by atoms with E-state index >= 15 is 0 Å². The maximum Gasteiger partial charge on any atom is 0.162 e. The van der Waals surface area contributed by atoms with Crippen molar-refractivity contribution in [3.05, 3.63) is 41.3 Å². The maximum absolute atomic E-state index is 4.72. The number of hydrogen-bond donors (Lipinski definition) is 0. The summed E-state index contributed by atoms with van der Waals surface area (Å²) >= 11 is 1.59. The molecule has 3 heterocycles. The Morgan fingerprint density at radius 3 is 2.91 bits per heavy atom. The van der Waals surface area contributed by atoms with Crippen LogP contribution < -0.4 is 4.31 Å². The Balaban J connectivity index is 1.90. The minimum absolute atomic E-state index is 0.0461. The van der Waals surface area contributed by atoms with Gasteiger partial charge in [-0.2, -0.15) is 5.10 Å². The van der Waals surface area contributed by atoms with E-state index in [-0.39, 0.29) is 6.17 Å². The number of hydrogen-bond acceptors (Lipinski definition) is 5. The Morgan fingerprint density at radius 2 is 2.14 bits per heavy atom. The van der Waals surface area contributed by atoms with Gasteiger partial charge in [-0.3, -0.25) is 14.0 Å². The molecule has 2 aromatic rings. The molecule has 0 bridgehead atoms. The largest absolute Gasteiger partial charge is 0.272 e. The lowest BCUT2D eigenvalue weighted by Crippen LogP contribution is -2.18. The molecule has 0 amide bonds. The molecule has 22 heavy (non-hydrogen) atoms. The van der Waals surface area contributed by atoms with E-state index < -0.39 is 0 Å². The lowest BCUT2D eigenvalue weighted by Gasteiger charge is -2.22. The minimum atomic E-state index is -0.0461. The molecule has 5 nitrogen and oxygen atoms in total. The van der Waals surface area contributed by atoms with Crippen LogP contribution in [0.5, 0.6) is 0 Å². The van der Waals surface area contributed by atoms with Gasteiger partial charge in [0.15, 0.2) is 6.17 Å². The third kappa shape index (κ3) is 2.88. The van der Waals surface area contributed by atoms with Crippen LogP contribution in [0.1, 0.15) is 43.4 Å². The van der Waals surface area contributed by atoms with Crippen molar-refractivity contribution in [2.24, 2.45) is 4.99 Å². The molecule has 0 N–H and O–H groups in total. The quantitative estimate of drug-likeness (QED) is 0.788. The van der Waals surface area contributed by atoms with Gasteiger partial charge in [-0.25, -0.2) is 4.98 Å². The predicted molar refractivity (Wildman–Crippen MR) is 92.2 cm³/mol. The van der Waals surface area contributed by atoms with Gasteiger partial charge in [0, 0.05) is 35.9 Å². The summed E-state index contributed by atoms with van der Waals surface area (Å²) < 4.78 is 4.16. The van der Waals surface area contributed by atoms with E-state index in [2.05, 4.69) is 46.6 Å². The SMILES string of the molecule is CCCn1cc(C2N=CSN2c2cccc(CC)n2)c(C)n1. The van der Waals surface area contributed by atoms with Crippen LogP contribution in [0.4, 0.5) is 5.82 Å². The number of aromatic nitrogens is 3. The van der Waals surface area contributed by atoms with Gasteiger partial charge in [0.1, 0.15) is 5.82 Å². The molecule has 116 valence electrons. The lowest BCUT2D eigenvalue weighted by molar-refractivity contribution is 0.597. The molecule has 0 spiro atoms. The van der Waals surface area contributed by atoms with Crippen LogP contribution in [-0.2, 0) is 13.0 Å². The fourth-order valence-corrected chi connectivity index (χ4v) is 3.32. The fourth-order valence-electron chi connectivity index (χ4n) is 2.56. The van der Waals surface area contributed by atoms with Gasteiger partial charge in [-0.1, -0.05) is 19.9 Å². The molecule has 2 aromatic heterocycles. The van der Waals surface area contributed by atoms with Gasteiger partial charge >= 0.3 is 0 Å². The summed E-state index contributed by atoms with van der Waals surface area (Å²) in [5, 5.41) is 4.59. The van der Waals surface area contributed by atoms with Crippen LogP contribution in [-0.4, -0.2) is 20.3 Å². The van der Waals surface area contributed by atoms with Crippen molar-refractivity contribution in [1.82, 2.24) is 14.8 Å². The van der Waals surface area contributed by atoms with Crippen LogP contribution in [0.25, 0.3) is 0 Å². The number of nitrogens with zero attached hydrogens (tertiary/aromatic N) is 5. The topological polar surface area (TPSA) is 46.3 Å². The second-order valence-electron chi connectivity index (χ2n) is 5.33. The summed E-state index contributed by atoms with van der Waals surface area (Å²) in [6.45, 7) is 7.27. The average Bonchev–Trinajstić information content (AvgIpc) is 3.14. The molecule has 3 rings (SSSR count). The number of aryl methyl sites for hydroxylation is 3. The fraction of sp³-hybridized carbons (Fsp3) is 0.438. The van der Waals surface area contributed by atoms with Gasteiger partial charge in [-0.05, 0) is 31.9 Å². The van der Waals surface area contributed by atoms with Gasteiger partial charge < -0.3 is 0 Å². The maximum atomic E-state index is 4.72. The van der Waals surface area contributed by atoms with Crippen molar-refractivity contribution in [3.63, 3.8) is 0 Å². The van der Waals surface area contributed by atoms with Crippen LogP contribution in [0.3, 0.4) is 0 Å². The molecule has 1 aliphatic heterocycles. The number of rotatable bonds is 5. The second kappa shape index (κ2) is 6.52. The van der Waals surface area contributed by atoms with Crippen LogP contribution >= 0.6 is 11.9 Å². The Labute approximate surface area is 135 Å². The van der Waals surface area contributed by atoms with E-state index in [1.807, 2.05) is 23.2 Å². The molecule has 0 radical (unpaired) electrons. The molecular weight excluding hydrogens is 294 g/mol. The van der Waals surface area contributed by atoms with E-state index in [1.165, 1.54) is 0 Å².